The molecule has 1 atom stereocenters. The summed E-state index contributed by atoms with van der Waals surface area (Å²) in [6.45, 7) is 18.7. The standard InChI is InChI=1S/C27H42O3Si2/c1-26(2,3)31(7,8)29-21-15-16-23(22-28)30-32(27(4,5)6,24-17-11-9-12-18-24)25-19-13-10-14-20-25/h9-14,17-20,22-23H,15-16,21H2,1-8H3/t23-/m0/s1. The van der Waals surface area contributed by atoms with E-state index in [2.05, 4.69) is 103 Å². The summed E-state index contributed by atoms with van der Waals surface area (Å²) < 4.78 is 13.3. The van der Waals surface area contributed by atoms with Gasteiger partial charge in [-0.25, -0.2) is 0 Å². The highest BCUT2D eigenvalue weighted by molar-refractivity contribution is 6.99. The quantitative estimate of drug-likeness (QED) is 0.245. The molecule has 0 fully saturated rings. The van der Waals surface area contributed by atoms with Crippen LogP contribution in [-0.4, -0.2) is 35.6 Å². The Bertz CT molecular complexity index is 797. The van der Waals surface area contributed by atoms with Crippen molar-refractivity contribution in [1.29, 1.82) is 0 Å². The van der Waals surface area contributed by atoms with Gasteiger partial charge in [0.25, 0.3) is 8.32 Å². The molecule has 0 heterocycles. The first-order valence-corrected chi connectivity index (χ1v) is 16.5. The van der Waals surface area contributed by atoms with Gasteiger partial charge in [0.2, 0.25) is 0 Å². The van der Waals surface area contributed by atoms with Gasteiger partial charge in [-0.05, 0) is 46.4 Å². The normalized spacial score (nSPS) is 14.2. The fourth-order valence-electron chi connectivity index (χ4n) is 3.90. The first-order valence-electron chi connectivity index (χ1n) is 11.7. The Balaban J connectivity index is 2.30. The maximum Gasteiger partial charge on any atom is 0.262 e. The van der Waals surface area contributed by atoms with Crippen LogP contribution in [0, 0.1) is 0 Å². The first kappa shape index (κ1) is 26.7. The fraction of sp³-hybridized carbons (Fsp3) is 0.519. The maximum atomic E-state index is 12.2. The van der Waals surface area contributed by atoms with Crippen molar-refractivity contribution in [2.75, 3.05) is 6.61 Å². The number of benzene rings is 2. The van der Waals surface area contributed by atoms with E-state index in [0.29, 0.717) is 13.0 Å². The number of hydrogen-bond donors (Lipinski definition) is 0. The molecule has 2 aromatic rings. The van der Waals surface area contributed by atoms with E-state index in [1.807, 2.05) is 12.1 Å². The lowest BCUT2D eigenvalue weighted by Gasteiger charge is -2.44. The number of hydrogen-bond acceptors (Lipinski definition) is 3. The van der Waals surface area contributed by atoms with Gasteiger partial charge in [-0.1, -0.05) is 102 Å². The van der Waals surface area contributed by atoms with Crippen molar-refractivity contribution >= 4 is 33.3 Å². The van der Waals surface area contributed by atoms with Crippen LogP contribution in [0.25, 0.3) is 0 Å². The minimum Gasteiger partial charge on any atom is -0.417 e. The summed E-state index contributed by atoms with van der Waals surface area (Å²) in [6.07, 6.45) is 2.02. The van der Waals surface area contributed by atoms with E-state index >= 15 is 0 Å². The molecule has 0 spiro atoms. The summed E-state index contributed by atoms with van der Waals surface area (Å²) in [5, 5.41) is 2.43. The molecule has 3 nitrogen and oxygen atoms in total. The molecule has 0 aliphatic carbocycles. The molecule has 0 N–H and O–H groups in total. The molecule has 176 valence electrons. The molecule has 0 saturated carbocycles. The predicted molar refractivity (Wildman–Crippen MR) is 141 cm³/mol. The summed E-state index contributed by atoms with van der Waals surface area (Å²) in [5.41, 5.74) is 0. The molecule has 0 aliphatic heterocycles. The number of rotatable bonds is 10. The fourth-order valence-corrected chi connectivity index (χ4v) is 9.63. The van der Waals surface area contributed by atoms with Gasteiger partial charge < -0.3 is 13.6 Å². The summed E-state index contributed by atoms with van der Waals surface area (Å²) in [5.74, 6) is 0. The molecule has 0 unspecified atom stereocenters. The second-order valence-electron chi connectivity index (χ2n) is 11.2. The lowest BCUT2D eigenvalue weighted by molar-refractivity contribution is -0.114. The largest absolute Gasteiger partial charge is 0.417 e. The molecule has 0 aromatic heterocycles. The SMILES string of the molecule is CC(C)(C)[Si](C)(C)OCCC[C@@H](C=O)O[Si](c1ccccc1)(c1ccccc1)C(C)(C)C. The number of aldehydes is 1. The van der Waals surface area contributed by atoms with Crippen LogP contribution >= 0.6 is 0 Å². The Morgan fingerprint density at radius 2 is 1.28 bits per heavy atom. The van der Waals surface area contributed by atoms with Crippen molar-refractivity contribution in [3.05, 3.63) is 60.7 Å². The van der Waals surface area contributed by atoms with Gasteiger partial charge in [0.15, 0.2) is 8.32 Å². The van der Waals surface area contributed by atoms with Crippen LogP contribution in [0.1, 0.15) is 54.4 Å². The summed E-state index contributed by atoms with van der Waals surface area (Å²) in [4.78, 5) is 12.2. The average Bonchev–Trinajstić information content (AvgIpc) is 2.73. The van der Waals surface area contributed by atoms with Gasteiger partial charge in [0, 0.05) is 6.61 Å². The zero-order valence-electron chi connectivity index (χ0n) is 21.3. The molecule has 2 rings (SSSR count). The third kappa shape index (κ3) is 6.07. The average molecular weight is 471 g/mol. The Hall–Kier alpha value is -1.54. The molecule has 0 saturated heterocycles. The predicted octanol–water partition coefficient (Wildman–Crippen LogP) is 5.93. The lowest BCUT2D eigenvalue weighted by atomic mass is 10.2. The van der Waals surface area contributed by atoms with Crippen LogP contribution < -0.4 is 10.4 Å². The molecule has 0 bridgehead atoms. The molecule has 5 heteroatoms. The topological polar surface area (TPSA) is 35.5 Å². The third-order valence-electron chi connectivity index (χ3n) is 6.80. The number of carbonyl (C=O) groups excluding carboxylic acids is 1. The lowest BCUT2D eigenvalue weighted by Crippen LogP contribution is -2.67. The molecule has 0 amide bonds. The van der Waals surface area contributed by atoms with Crippen molar-refractivity contribution in [2.45, 2.75) is 83.7 Å². The van der Waals surface area contributed by atoms with Gasteiger partial charge in [-0.3, -0.25) is 0 Å². The molecular weight excluding hydrogens is 428 g/mol. The minimum absolute atomic E-state index is 0.144. The molecule has 2 aromatic carbocycles. The molecular formula is C27H42O3Si2. The highest BCUT2D eigenvalue weighted by atomic mass is 28.4. The Morgan fingerprint density at radius 3 is 1.66 bits per heavy atom. The van der Waals surface area contributed by atoms with Crippen LogP contribution in [0.3, 0.4) is 0 Å². The second kappa shape index (κ2) is 10.6. The van der Waals surface area contributed by atoms with E-state index < -0.39 is 22.7 Å². The Kier molecular flexibility index (Phi) is 8.85. The highest BCUT2D eigenvalue weighted by Gasteiger charge is 2.51. The van der Waals surface area contributed by atoms with E-state index in [1.165, 1.54) is 10.4 Å². The maximum absolute atomic E-state index is 12.2. The summed E-state index contributed by atoms with van der Waals surface area (Å²) in [6, 6.07) is 21.0. The van der Waals surface area contributed by atoms with Crippen LogP contribution in [0.15, 0.2) is 60.7 Å². The monoisotopic (exact) mass is 470 g/mol. The highest BCUT2D eigenvalue weighted by Crippen LogP contribution is 2.38. The zero-order valence-corrected chi connectivity index (χ0v) is 23.3. The van der Waals surface area contributed by atoms with E-state index in [-0.39, 0.29) is 10.1 Å². The Labute approximate surface area is 197 Å². The van der Waals surface area contributed by atoms with E-state index in [4.69, 9.17) is 8.85 Å². The van der Waals surface area contributed by atoms with Crippen molar-refractivity contribution < 1.29 is 13.6 Å². The van der Waals surface area contributed by atoms with Crippen molar-refractivity contribution in [3.8, 4) is 0 Å². The second-order valence-corrected chi connectivity index (χ2v) is 20.3. The first-order chi connectivity index (χ1) is 14.8. The van der Waals surface area contributed by atoms with Crippen LogP contribution in [-0.2, 0) is 13.6 Å². The van der Waals surface area contributed by atoms with Gasteiger partial charge in [-0.15, -0.1) is 0 Å². The van der Waals surface area contributed by atoms with Gasteiger partial charge >= 0.3 is 0 Å². The van der Waals surface area contributed by atoms with Gasteiger partial charge in [-0.2, -0.15) is 0 Å². The molecule has 0 aliphatic rings. The Morgan fingerprint density at radius 1 is 0.812 bits per heavy atom. The van der Waals surface area contributed by atoms with Gasteiger partial charge in [0.1, 0.15) is 12.4 Å². The van der Waals surface area contributed by atoms with Crippen molar-refractivity contribution in [1.82, 2.24) is 0 Å². The van der Waals surface area contributed by atoms with Crippen LogP contribution in [0.2, 0.25) is 23.2 Å². The van der Waals surface area contributed by atoms with Gasteiger partial charge in [0.05, 0.1) is 0 Å². The number of carbonyl (C=O) groups is 1. The van der Waals surface area contributed by atoms with Crippen LogP contribution in [0.5, 0.6) is 0 Å². The molecule has 0 radical (unpaired) electrons. The molecule has 32 heavy (non-hydrogen) atoms. The smallest absolute Gasteiger partial charge is 0.262 e. The zero-order chi connectivity index (χ0) is 24.0. The van der Waals surface area contributed by atoms with Crippen molar-refractivity contribution in [2.24, 2.45) is 0 Å². The van der Waals surface area contributed by atoms with Crippen molar-refractivity contribution in [3.63, 3.8) is 0 Å². The summed E-state index contributed by atoms with van der Waals surface area (Å²) >= 11 is 0. The minimum atomic E-state index is -2.72. The van der Waals surface area contributed by atoms with E-state index in [9.17, 15) is 4.79 Å². The third-order valence-corrected chi connectivity index (χ3v) is 16.4. The van der Waals surface area contributed by atoms with E-state index in [0.717, 1.165) is 12.7 Å². The summed E-state index contributed by atoms with van der Waals surface area (Å²) in [7, 11) is -4.51. The van der Waals surface area contributed by atoms with Crippen LogP contribution in [0.4, 0.5) is 0 Å². The van der Waals surface area contributed by atoms with E-state index in [1.54, 1.807) is 0 Å².